The minimum Gasteiger partial charge on any atom is -0.394 e. The van der Waals surface area contributed by atoms with Gasteiger partial charge in [0.2, 0.25) is 0 Å². The summed E-state index contributed by atoms with van der Waals surface area (Å²) < 4.78 is 118. The Balaban J connectivity index is 1.79. The van der Waals surface area contributed by atoms with E-state index in [9.17, 15) is 23.9 Å². The summed E-state index contributed by atoms with van der Waals surface area (Å²) in [7, 11) is -13.2. The number of fused-ring (bicyclic) bond motifs is 1. The van der Waals surface area contributed by atoms with E-state index in [1.54, 1.807) is 0 Å². The Morgan fingerprint density at radius 3 is 1.49 bits per heavy atom. The summed E-state index contributed by atoms with van der Waals surface area (Å²) in [6, 6.07) is 0. The number of aromatic nitrogens is 4. The minimum absolute atomic E-state index is 0.0367. The highest BCUT2D eigenvalue weighted by Crippen LogP contribution is 2.58. The molecule has 0 spiro atoms. The van der Waals surface area contributed by atoms with E-state index in [1.807, 2.05) is 41.5 Å². The Hall–Kier alpha value is -1.52. The zero-order valence-electron chi connectivity index (χ0n) is 38.8. The summed E-state index contributed by atoms with van der Waals surface area (Å²) in [6.45, 7) is 10.5. The summed E-state index contributed by atoms with van der Waals surface area (Å²) in [4.78, 5) is 12.8. The molecule has 4 N–H and O–H groups in total. The predicted molar refractivity (Wildman–Crippen MR) is 239 cm³/mol. The monoisotopic (exact) mass is 989 g/mol. The third kappa shape index (κ3) is 16.8. The summed E-state index contributed by atoms with van der Waals surface area (Å²) in [5.74, 6) is 0.0892. The number of rotatable bonds is 35. The molecule has 65 heavy (non-hydrogen) atoms. The number of hydrogen-bond donors (Lipinski definition) is 3. The standard InChI is InChI=1S/C40H74N5O17P3/c1-7-13-19-51-63(48,52-20-14-8-2)60-30-25-33(57-31(26-46)35(30)61-64(49,53-21-15-9-3)54-22-16-10-4)59-36-32(27-47)58-40(45-29-44-34-38(41)42-28-43-39(34)45)37(36)62-65(50,55-23-17-11-5)56-24-18-12-6/h28-33,35-37,40,46-47H,7-27H2,1-6H3,(H2,41,42,43)/t30-,31-,32-,33-,35+,36?,37-,40-/m1/s1. The van der Waals surface area contributed by atoms with Gasteiger partial charge in [-0.25, -0.2) is 28.6 Å². The van der Waals surface area contributed by atoms with E-state index in [1.165, 1.54) is 17.2 Å². The molecule has 2 aromatic heterocycles. The van der Waals surface area contributed by atoms with Crippen LogP contribution in [-0.2, 0) is 68.6 Å². The van der Waals surface area contributed by atoms with Gasteiger partial charge in [-0.2, -0.15) is 0 Å². The van der Waals surface area contributed by atoms with Crippen molar-refractivity contribution in [1.82, 2.24) is 19.5 Å². The maximum absolute atomic E-state index is 14.6. The van der Waals surface area contributed by atoms with E-state index in [-0.39, 0.29) is 63.0 Å². The third-order valence-corrected chi connectivity index (χ3v) is 14.9. The summed E-state index contributed by atoms with van der Waals surface area (Å²) in [6.07, 6.45) is -0.747. The van der Waals surface area contributed by atoms with Crippen molar-refractivity contribution in [1.29, 1.82) is 0 Å². The molecule has 2 saturated heterocycles. The van der Waals surface area contributed by atoms with Gasteiger partial charge in [0.25, 0.3) is 0 Å². The van der Waals surface area contributed by atoms with Crippen molar-refractivity contribution in [3.63, 3.8) is 0 Å². The van der Waals surface area contributed by atoms with Crippen molar-refractivity contribution in [2.75, 3.05) is 58.6 Å². The Bertz CT molecular complexity index is 1760. The first-order chi connectivity index (χ1) is 31.4. The van der Waals surface area contributed by atoms with Crippen LogP contribution in [-0.4, -0.2) is 126 Å². The van der Waals surface area contributed by atoms with Crippen molar-refractivity contribution in [2.24, 2.45) is 0 Å². The molecule has 0 radical (unpaired) electrons. The van der Waals surface area contributed by atoms with Crippen LogP contribution in [0, 0.1) is 0 Å². The average Bonchev–Trinajstić information content (AvgIpc) is 3.86. The lowest BCUT2D eigenvalue weighted by molar-refractivity contribution is -0.274. The molecule has 2 aliphatic heterocycles. The fourth-order valence-corrected chi connectivity index (χ4v) is 11.0. The Kier molecular flexibility index (Phi) is 24.9. The fourth-order valence-electron chi connectivity index (χ4n) is 6.63. The van der Waals surface area contributed by atoms with E-state index < -0.39 is 85.8 Å². The molecule has 0 aromatic carbocycles. The molecule has 2 fully saturated rings. The molecular formula is C40H74N5O17P3. The molecule has 4 rings (SSSR count). The Labute approximate surface area is 383 Å². The first-order valence-electron chi connectivity index (χ1n) is 23.2. The predicted octanol–water partition coefficient (Wildman–Crippen LogP) is 8.17. The number of hydrogen-bond acceptors (Lipinski definition) is 21. The van der Waals surface area contributed by atoms with Gasteiger partial charge in [0.05, 0.1) is 59.2 Å². The summed E-state index contributed by atoms with van der Waals surface area (Å²) >= 11 is 0. The van der Waals surface area contributed by atoms with Crippen LogP contribution in [0.25, 0.3) is 11.2 Å². The SMILES string of the molecule is CCCCOP(=O)(OCCCC)O[C@@H]1[C@@H](CO)O[C@H](OC2[C@@H](OP(=O)(OCCCC)OCCCC)[C@H](n3cnc4c(N)ncnc43)O[C@@H]2CO)C[C@H]1OP(=O)(OCCCC)OCCCC. The van der Waals surface area contributed by atoms with Gasteiger partial charge in [-0.1, -0.05) is 80.1 Å². The summed E-state index contributed by atoms with van der Waals surface area (Å²) in [5.41, 5.74) is 6.61. The highest BCUT2D eigenvalue weighted by atomic mass is 31.2. The molecule has 25 heteroatoms. The summed E-state index contributed by atoms with van der Waals surface area (Å²) in [5, 5.41) is 21.8. The van der Waals surface area contributed by atoms with Crippen molar-refractivity contribution < 1.29 is 78.8 Å². The van der Waals surface area contributed by atoms with E-state index in [4.69, 9.17) is 60.7 Å². The molecular weight excluding hydrogens is 915 g/mol. The van der Waals surface area contributed by atoms with Gasteiger partial charge in [-0.3, -0.25) is 45.3 Å². The number of phosphoric ester groups is 3. The smallest absolute Gasteiger partial charge is 0.394 e. The molecule has 376 valence electrons. The molecule has 0 bridgehead atoms. The quantitative estimate of drug-likeness (QED) is 0.0434. The van der Waals surface area contributed by atoms with Crippen LogP contribution in [0.15, 0.2) is 12.7 Å². The van der Waals surface area contributed by atoms with Crippen molar-refractivity contribution >= 4 is 40.4 Å². The second-order valence-electron chi connectivity index (χ2n) is 15.7. The van der Waals surface area contributed by atoms with Crippen LogP contribution in [0.3, 0.4) is 0 Å². The van der Waals surface area contributed by atoms with Gasteiger partial charge < -0.3 is 30.2 Å². The van der Waals surface area contributed by atoms with Crippen LogP contribution in [0.4, 0.5) is 5.82 Å². The van der Waals surface area contributed by atoms with Gasteiger partial charge in [0, 0.05) is 6.42 Å². The number of nitrogens with two attached hydrogens (primary N) is 1. The van der Waals surface area contributed by atoms with Crippen LogP contribution < -0.4 is 5.73 Å². The second-order valence-corrected chi connectivity index (χ2v) is 20.6. The Morgan fingerprint density at radius 1 is 0.615 bits per heavy atom. The number of ether oxygens (including phenoxy) is 3. The molecule has 0 saturated carbocycles. The third-order valence-electron chi connectivity index (χ3n) is 10.3. The average molecular weight is 990 g/mol. The highest BCUT2D eigenvalue weighted by Gasteiger charge is 2.55. The van der Waals surface area contributed by atoms with Gasteiger partial charge in [0.1, 0.15) is 48.5 Å². The maximum Gasteiger partial charge on any atom is 0.475 e. The molecule has 1 unspecified atom stereocenters. The second kappa shape index (κ2) is 28.8. The lowest BCUT2D eigenvalue weighted by atomic mass is 10.0. The number of anilines is 1. The van der Waals surface area contributed by atoms with Crippen molar-refractivity contribution in [2.45, 2.75) is 174 Å². The zero-order valence-corrected chi connectivity index (χ0v) is 41.5. The number of aliphatic hydroxyl groups is 2. The van der Waals surface area contributed by atoms with Crippen molar-refractivity contribution in [3.05, 3.63) is 12.7 Å². The lowest BCUT2D eigenvalue weighted by Crippen LogP contribution is -2.54. The number of nitrogen functional groups attached to an aromatic ring is 1. The minimum atomic E-state index is -4.39. The van der Waals surface area contributed by atoms with E-state index in [2.05, 4.69) is 15.0 Å². The van der Waals surface area contributed by atoms with E-state index in [0.29, 0.717) is 38.5 Å². The molecule has 0 amide bonds. The van der Waals surface area contributed by atoms with Crippen molar-refractivity contribution in [3.8, 4) is 0 Å². The number of phosphoric acid groups is 3. The maximum atomic E-state index is 14.6. The lowest BCUT2D eigenvalue weighted by Gasteiger charge is -2.42. The van der Waals surface area contributed by atoms with Crippen LogP contribution in [0.5, 0.6) is 0 Å². The normalized spacial score (nSPS) is 24.4. The van der Waals surface area contributed by atoms with E-state index in [0.717, 1.165) is 38.5 Å². The number of aliphatic hydroxyl groups excluding tert-OH is 2. The van der Waals surface area contributed by atoms with Crippen LogP contribution in [0.2, 0.25) is 0 Å². The topological polar surface area (TPSA) is 272 Å². The Morgan fingerprint density at radius 2 is 1.05 bits per heavy atom. The molecule has 22 nitrogen and oxygen atoms in total. The fraction of sp³-hybridized carbons (Fsp3) is 0.875. The largest absolute Gasteiger partial charge is 0.475 e. The van der Waals surface area contributed by atoms with Gasteiger partial charge in [0.15, 0.2) is 24.0 Å². The first-order valence-corrected chi connectivity index (χ1v) is 27.6. The molecule has 8 atom stereocenters. The van der Waals surface area contributed by atoms with Gasteiger partial charge in [-0.05, 0) is 38.5 Å². The van der Waals surface area contributed by atoms with Crippen LogP contribution >= 0.6 is 23.5 Å². The number of unbranched alkanes of at least 4 members (excludes halogenated alkanes) is 6. The van der Waals surface area contributed by atoms with Gasteiger partial charge in [-0.15, -0.1) is 0 Å². The molecule has 0 aliphatic carbocycles. The molecule has 2 aromatic rings. The zero-order chi connectivity index (χ0) is 47.3. The van der Waals surface area contributed by atoms with Gasteiger partial charge >= 0.3 is 23.5 Å². The molecule has 4 heterocycles. The van der Waals surface area contributed by atoms with E-state index >= 15 is 0 Å². The molecule has 2 aliphatic rings. The number of imidazole rings is 1. The highest BCUT2D eigenvalue weighted by molar-refractivity contribution is 7.49. The first kappa shape index (κ1) is 56.1. The van der Waals surface area contributed by atoms with Crippen LogP contribution in [0.1, 0.15) is 131 Å². The number of nitrogens with zero attached hydrogens (tertiary/aromatic N) is 4.